The Hall–Kier alpha value is -2.69. The second kappa shape index (κ2) is 5.30. The van der Waals surface area contributed by atoms with Crippen LogP contribution in [0.1, 0.15) is 15.9 Å². The van der Waals surface area contributed by atoms with Gasteiger partial charge in [-0.2, -0.15) is 0 Å². The number of nitro benzene ring substituents is 1. The summed E-state index contributed by atoms with van der Waals surface area (Å²) in [6.07, 6.45) is 0. The van der Waals surface area contributed by atoms with Crippen LogP contribution in [0.25, 0.3) is 0 Å². The molecule has 2 aromatic carbocycles. The molecule has 0 heterocycles. The molecule has 0 aromatic heterocycles. The van der Waals surface area contributed by atoms with E-state index in [0.717, 1.165) is 5.56 Å². The van der Waals surface area contributed by atoms with Crippen molar-refractivity contribution in [2.45, 2.75) is 6.92 Å². The van der Waals surface area contributed by atoms with E-state index in [9.17, 15) is 14.9 Å². The summed E-state index contributed by atoms with van der Waals surface area (Å²) in [5.41, 5.74) is 1.39. The highest BCUT2D eigenvalue weighted by atomic mass is 16.6. The van der Waals surface area contributed by atoms with Crippen LogP contribution >= 0.6 is 0 Å². The molecule has 0 unspecified atom stereocenters. The number of carbonyl (C=O) groups is 1. The average Bonchev–Trinajstić information content (AvgIpc) is 2.39. The van der Waals surface area contributed by atoms with Gasteiger partial charge in [-0.3, -0.25) is 14.9 Å². The Labute approximate surface area is 110 Å². The Morgan fingerprint density at radius 3 is 2.47 bits per heavy atom. The molecule has 0 radical (unpaired) electrons. The third-order valence-electron chi connectivity index (χ3n) is 2.63. The first-order chi connectivity index (χ1) is 9.08. The summed E-state index contributed by atoms with van der Waals surface area (Å²) < 4.78 is 0. The largest absolute Gasteiger partial charge is 0.316 e. The van der Waals surface area contributed by atoms with Gasteiger partial charge in [-0.25, -0.2) is 0 Å². The zero-order chi connectivity index (χ0) is 13.8. The van der Waals surface area contributed by atoms with Crippen LogP contribution in [0, 0.1) is 17.0 Å². The molecular weight excluding hydrogens is 244 g/mol. The van der Waals surface area contributed by atoms with Crippen LogP contribution < -0.4 is 5.32 Å². The first-order valence-corrected chi connectivity index (χ1v) is 5.69. The molecule has 2 rings (SSSR count). The number of hydrogen-bond donors (Lipinski definition) is 1. The minimum atomic E-state index is -0.514. The summed E-state index contributed by atoms with van der Waals surface area (Å²) in [5.74, 6) is -0.366. The predicted molar refractivity (Wildman–Crippen MR) is 72.2 cm³/mol. The number of nitrogens with one attached hydrogen (secondary N) is 1. The number of aryl methyl sites for hydroxylation is 1. The van der Waals surface area contributed by atoms with Crippen molar-refractivity contribution in [1.29, 1.82) is 0 Å². The van der Waals surface area contributed by atoms with Gasteiger partial charge in [0.2, 0.25) is 0 Å². The summed E-state index contributed by atoms with van der Waals surface area (Å²) >= 11 is 0. The Morgan fingerprint density at radius 2 is 1.84 bits per heavy atom. The maximum Gasteiger partial charge on any atom is 0.292 e. The molecule has 0 spiro atoms. The van der Waals surface area contributed by atoms with Crippen LogP contribution in [0.15, 0.2) is 48.5 Å². The zero-order valence-corrected chi connectivity index (χ0v) is 10.3. The van der Waals surface area contributed by atoms with Crippen molar-refractivity contribution < 1.29 is 9.72 Å². The van der Waals surface area contributed by atoms with Crippen LogP contribution in [0.4, 0.5) is 11.4 Å². The second-order valence-electron chi connectivity index (χ2n) is 4.10. The monoisotopic (exact) mass is 256 g/mol. The lowest BCUT2D eigenvalue weighted by Crippen LogP contribution is -2.13. The SMILES string of the molecule is Cc1ccc([N+](=O)[O-])c(NC(=O)c2ccccc2)c1. The van der Waals surface area contributed by atoms with E-state index in [1.807, 2.05) is 6.92 Å². The number of nitro groups is 1. The number of carbonyl (C=O) groups excluding carboxylic acids is 1. The lowest BCUT2D eigenvalue weighted by molar-refractivity contribution is -0.383. The predicted octanol–water partition coefficient (Wildman–Crippen LogP) is 3.16. The molecule has 0 saturated heterocycles. The summed E-state index contributed by atoms with van der Waals surface area (Å²) in [7, 11) is 0. The molecule has 0 fully saturated rings. The fourth-order valence-electron chi connectivity index (χ4n) is 1.69. The summed E-state index contributed by atoms with van der Waals surface area (Å²) in [4.78, 5) is 22.4. The van der Waals surface area contributed by atoms with Crippen LogP contribution in [-0.2, 0) is 0 Å². The highest BCUT2D eigenvalue weighted by Crippen LogP contribution is 2.25. The van der Waals surface area contributed by atoms with Gasteiger partial charge in [-0.05, 0) is 30.7 Å². The molecular formula is C14H12N2O3. The van der Waals surface area contributed by atoms with Gasteiger partial charge < -0.3 is 5.32 Å². The number of amides is 1. The molecule has 0 bridgehead atoms. The molecule has 1 amide bonds. The molecule has 0 atom stereocenters. The molecule has 0 aliphatic carbocycles. The van der Waals surface area contributed by atoms with Crippen molar-refractivity contribution in [3.8, 4) is 0 Å². The van der Waals surface area contributed by atoms with Crippen LogP contribution in [0.2, 0.25) is 0 Å². The van der Waals surface area contributed by atoms with Gasteiger partial charge in [0, 0.05) is 11.6 Å². The van der Waals surface area contributed by atoms with E-state index < -0.39 is 4.92 Å². The quantitative estimate of drug-likeness (QED) is 0.677. The van der Waals surface area contributed by atoms with Gasteiger partial charge >= 0.3 is 0 Å². The lowest BCUT2D eigenvalue weighted by atomic mass is 10.1. The van der Waals surface area contributed by atoms with E-state index in [4.69, 9.17) is 0 Å². The number of nitrogens with zero attached hydrogens (tertiary/aromatic N) is 1. The van der Waals surface area contributed by atoms with E-state index in [-0.39, 0.29) is 17.3 Å². The van der Waals surface area contributed by atoms with Crippen LogP contribution in [0.5, 0.6) is 0 Å². The summed E-state index contributed by atoms with van der Waals surface area (Å²) in [5, 5.41) is 13.5. The fraction of sp³-hybridized carbons (Fsp3) is 0.0714. The highest BCUT2D eigenvalue weighted by molar-refractivity contribution is 6.05. The molecule has 0 aliphatic heterocycles. The Balaban J connectivity index is 2.31. The fourth-order valence-corrected chi connectivity index (χ4v) is 1.69. The Kier molecular flexibility index (Phi) is 3.56. The van der Waals surface area contributed by atoms with E-state index in [2.05, 4.69) is 5.32 Å². The van der Waals surface area contributed by atoms with Crippen molar-refractivity contribution in [2.24, 2.45) is 0 Å². The Morgan fingerprint density at radius 1 is 1.16 bits per heavy atom. The maximum absolute atomic E-state index is 12.0. The zero-order valence-electron chi connectivity index (χ0n) is 10.3. The van der Waals surface area contributed by atoms with Gasteiger partial charge in [-0.1, -0.05) is 24.3 Å². The molecule has 19 heavy (non-hydrogen) atoms. The van der Waals surface area contributed by atoms with Gasteiger partial charge in [0.25, 0.3) is 11.6 Å². The first kappa shape index (κ1) is 12.8. The number of hydrogen-bond acceptors (Lipinski definition) is 3. The van der Waals surface area contributed by atoms with E-state index in [0.29, 0.717) is 5.56 Å². The minimum absolute atomic E-state index is 0.116. The van der Waals surface area contributed by atoms with Crippen LogP contribution in [0.3, 0.4) is 0 Å². The standard InChI is InChI=1S/C14H12N2O3/c1-10-7-8-13(16(18)19)12(9-10)15-14(17)11-5-3-2-4-6-11/h2-9H,1H3,(H,15,17). The van der Waals surface area contributed by atoms with E-state index in [1.54, 1.807) is 42.5 Å². The molecule has 1 N–H and O–H groups in total. The van der Waals surface area contributed by atoms with Gasteiger partial charge in [-0.15, -0.1) is 0 Å². The molecule has 0 aliphatic rings. The summed E-state index contributed by atoms with van der Waals surface area (Å²) in [6.45, 7) is 1.81. The van der Waals surface area contributed by atoms with Crippen molar-refractivity contribution in [2.75, 3.05) is 5.32 Å². The number of benzene rings is 2. The third kappa shape index (κ3) is 2.95. The smallest absolute Gasteiger partial charge is 0.292 e. The van der Waals surface area contributed by atoms with E-state index >= 15 is 0 Å². The molecule has 5 heteroatoms. The average molecular weight is 256 g/mol. The molecule has 96 valence electrons. The minimum Gasteiger partial charge on any atom is -0.316 e. The lowest BCUT2D eigenvalue weighted by Gasteiger charge is -2.06. The number of anilines is 1. The van der Waals surface area contributed by atoms with Gasteiger partial charge in [0.1, 0.15) is 5.69 Å². The topological polar surface area (TPSA) is 72.2 Å². The normalized spacial score (nSPS) is 9.95. The van der Waals surface area contributed by atoms with Gasteiger partial charge in [0.05, 0.1) is 4.92 Å². The van der Waals surface area contributed by atoms with Crippen molar-refractivity contribution in [3.63, 3.8) is 0 Å². The van der Waals surface area contributed by atoms with E-state index in [1.165, 1.54) is 6.07 Å². The maximum atomic E-state index is 12.0. The third-order valence-corrected chi connectivity index (χ3v) is 2.63. The summed E-state index contributed by atoms with van der Waals surface area (Å²) in [6, 6.07) is 13.2. The first-order valence-electron chi connectivity index (χ1n) is 5.69. The molecule has 5 nitrogen and oxygen atoms in total. The van der Waals surface area contributed by atoms with Crippen LogP contribution in [-0.4, -0.2) is 10.8 Å². The van der Waals surface area contributed by atoms with Gasteiger partial charge in [0.15, 0.2) is 0 Å². The van der Waals surface area contributed by atoms with Crippen molar-refractivity contribution >= 4 is 17.3 Å². The molecule has 0 saturated carbocycles. The molecule has 2 aromatic rings. The van der Waals surface area contributed by atoms with Crippen molar-refractivity contribution in [1.82, 2.24) is 0 Å². The van der Waals surface area contributed by atoms with Crippen molar-refractivity contribution in [3.05, 3.63) is 69.8 Å². The highest BCUT2D eigenvalue weighted by Gasteiger charge is 2.16. The Bertz CT molecular complexity index is 624. The second-order valence-corrected chi connectivity index (χ2v) is 4.10. The number of rotatable bonds is 3.